The fourth-order valence-electron chi connectivity index (χ4n) is 2.04. The number of hydrogen-bond donors (Lipinski definition) is 1. The molecular formula is C11H22N2. The van der Waals surface area contributed by atoms with Crippen LogP contribution in [-0.4, -0.2) is 11.9 Å². The average molecular weight is 182 g/mol. The second-order valence-corrected chi connectivity index (χ2v) is 4.31. The van der Waals surface area contributed by atoms with Crippen molar-refractivity contribution >= 4 is 5.84 Å². The highest BCUT2D eigenvalue weighted by atomic mass is 14.9. The highest BCUT2D eigenvalue weighted by molar-refractivity contribution is 5.80. The molecule has 0 radical (unpaired) electrons. The molecule has 1 aliphatic rings. The summed E-state index contributed by atoms with van der Waals surface area (Å²) in [5.41, 5.74) is 5.76. The van der Waals surface area contributed by atoms with Crippen molar-refractivity contribution in [3.8, 4) is 0 Å². The Kier molecular flexibility index (Phi) is 3.76. The van der Waals surface area contributed by atoms with E-state index in [0.717, 1.165) is 18.2 Å². The van der Waals surface area contributed by atoms with Crippen LogP contribution >= 0.6 is 0 Å². The van der Waals surface area contributed by atoms with E-state index < -0.39 is 0 Å². The predicted octanol–water partition coefficient (Wildman–Crippen LogP) is 2.58. The van der Waals surface area contributed by atoms with Gasteiger partial charge in [0.05, 0.1) is 11.9 Å². The fourth-order valence-corrected chi connectivity index (χ4v) is 2.04. The first kappa shape index (κ1) is 10.6. The lowest BCUT2D eigenvalue weighted by Crippen LogP contribution is -2.29. The van der Waals surface area contributed by atoms with Gasteiger partial charge in [-0.25, -0.2) is 0 Å². The smallest absolute Gasteiger partial charge is 0.0937 e. The molecule has 0 saturated heterocycles. The van der Waals surface area contributed by atoms with Crippen molar-refractivity contribution in [3.05, 3.63) is 0 Å². The molecule has 0 heterocycles. The maximum atomic E-state index is 5.76. The zero-order valence-electron chi connectivity index (χ0n) is 9.09. The first-order chi connectivity index (χ1) is 6.15. The van der Waals surface area contributed by atoms with Gasteiger partial charge in [0.2, 0.25) is 0 Å². The van der Waals surface area contributed by atoms with Crippen LogP contribution in [0.25, 0.3) is 0 Å². The van der Waals surface area contributed by atoms with Gasteiger partial charge in [-0.05, 0) is 18.3 Å². The molecule has 1 fully saturated rings. The Balaban J connectivity index is 2.58. The molecular weight excluding hydrogens is 160 g/mol. The van der Waals surface area contributed by atoms with E-state index in [-0.39, 0.29) is 0 Å². The van der Waals surface area contributed by atoms with Crippen molar-refractivity contribution in [1.29, 1.82) is 0 Å². The van der Waals surface area contributed by atoms with E-state index in [2.05, 4.69) is 25.8 Å². The normalized spacial score (nSPS) is 36.2. The van der Waals surface area contributed by atoms with E-state index in [1.807, 2.05) is 0 Å². The van der Waals surface area contributed by atoms with Gasteiger partial charge in [0.25, 0.3) is 0 Å². The van der Waals surface area contributed by atoms with Crippen LogP contribution in [0.4, 0.5) is 0 Å². The lowest BCUT2D eigenvalue weighted by atomic mass is 9.78. The molecule has 1 aliphatic carbocycles. The highest BCUT2D eigenvalue weighted by Gasteiger charge is 2.26. The van der Waals surface area contributed by atoms with Crippen molar-refractivity contribution in [2.24, 2.45) is 22.6 Å². The van der Waals surface area contributed by atoms with Crippen molar-refractivity contribution < 1.29 is 0 Å². The summed E-state index contributed by atoms with van der Waals surface area (Å²) in [5, 5.41) is 0. The minimum Gasteiger partial charge on any atom is -0.387 e. The molecule has 2 heteroatoms. The minimum absolute atomic E-state index is 0.490. The number of aliphatic imine (C=N–C) groups is 1. The maximum absolute atomic E-state index is 5.76. The Morgan fingerprint density at radius 2 is 2.08 bits per heavy atom. The van der Waals surface area contributed by atoms with Crippen LogP contribution in [0, 0.1) is 11.8 Å². The molecule has 1 saturated carbocycles. The quantitative estimate of drug-likeness (QED) is 0.517. The van der Waals surface area contributed by atoms with Crippen molar-refractivity contribution in [3.63, 3.8) is 0 Å². The molecule has 0 amide bonds. The first-order valence-electron chi connectivity index (χ1n) is 5.47. The summed E-state index contributed by atoms with van der Waals surface area (Å²) in [7, 11) is 0. The molecule has 1 rings (SSSR count). The van der Waals surface area contributed by atoms with E-state index in [0.29, 0.717) is 12.0 Å². The standard InChI is InChI=1S/C11H22N2/c1-4-11(12)13-10-7-5-6-8(2)9(10)3/h8-10H,4-7H2,1-3H3,(H2,12,13). The van der Waals surface area contributed by atoms with Crippen LogP contribution in [0.3, 0.4) is 0 Å². The monoisotopic (exact) mass is 182 g/mol. The van der Waals surface area contributed by atoms with Gasteiger partial charge in [-0.1, -0.05) is 33.6 Å². The highest BCUT2D eigenvalue weighted by Crippen LogP contribution is 2.31. The van der Waals surface area contributed by atoms with E-state index >= 15 is 0 Å². The van der Waals surface area contributed by atoms with Gasteiger partial charge in [0.1, 0.15) is 0 Å². The van der Waals surface area contributed by atoms with Crippen LogP contribution in [0.2, 0.25) is 0 Å². The predicted molar refractivity (Wildman–Crippen MR) is 57.9 cm³/mol. The van der Waals surface area contributed by atoms with E-state index in [9.17, 15) is 0 Å². The summed E-state index contributed by atoms with van der Waals surface area (Å²) in [4.78, 5) is 4.58. The molecule has 0 bridgehead atoms. The zero-order valence-corrected chi connectivity index (χ0v) is 9.09. The molecule has 0 aromatic heterocycles. The Labute approximate surface area is 81.6 Å². The Morgan fingerprint density at radius 1 is 1.38 bits per heavy atom. The van der Waals surface area contributed by atoms with Crippen LogP contribution in [0.15, 0.2) is 4.99 Å². The molecule has 2 nitrogen and oxygen atoms in total. The maximum Gasteiger partial charge on any atom is 0.0937 e. The van der Waals surface area contributed by atoms with Crippen LogP contribution in [0.5, 0.6) is 0 Å². The molecule has 3 atom stereocenters. The number of hydrogen-bond acceptors (Lipinski definition) is 1. The molecule has 13 heavy (non-hydrogen) atoms. The zero-order chi connectivity index (χ0) is 9.84. The second-order valence-electron chi connectivity index (χ2n) is 4.31. The van der Waals surface area contributed by atoms with E-state index in [1.54, 1.807) is 0 Å². The Hall–Kier alpha value is -0.530. The second kappa shape index (κ2) is 4.64. The summed E-state index contributed by atoms with van der Waals surface area (Å²) >= 11 is 0. The van der Waals surface area contributed by atoms with Crippen molar-refractivity contribution in [2.45, 2.75) is 52.5 Å². The fraction of sp³-hybridized carbons (Fsp3) is 0.909. The third-order valence-electron chi connectivity index (χ3n) is 3.36. The third-order valence-corrected chi connectivity index (χ3v) is 3.36. The average Bonchev–Trinajstić information content (AvgIpc) is 2.13. The summed E-state index contributed by atoms with van der Waals surface area (Å²) in [6.45, 7) is 6.70. The number of nitrogens with two attached hydrogens (primary N) is 1. The largest absolute Gasteiger partial charge is 0.387 e. The van der Waals surface area contributed by atoms with Crippen LogP contribution in [0.1, 0.15) is 46.5 Å². The number of amidine groups is 1. The van der Waals surface area contributed by atoms with Gasteiger partial charge in [-0.15, -0.1) is 0 Å². The number of rotatable bonds is 2. The molecule has 0 aromatic rings. The van der Waals surface area contributed by atoms with E-state index in [4.69, 9.17) is 5.73 Å². The number of nitrogens with zero attached hydrogens (tertiary/aromatic N) is 1. The Morgan fingerprint density at radius 3 is 2.69 bits per heavy atom. The lowest BCUT2D eigenvalue weighted by molar-refractivity contribution is 0.241. The van der Waals surface area contributed by atoms with Crippen LogP contribution in [-0.2, 0) is 0 Å². The summed E-state index contributed by atoms with van der Waals surface area (Å²) in [6.07, 6.45) is 4.79. The third kappa shape index (κ3) is 2.71. The van der Waals surface area contributed by atoms with Crippen molar-refractivity contribution in [1.82, 2.24) is 0 Å². The van der Waals surface area contributed by atoms with Gasteiger partial charge >= 0.3 is 0 Å². The van der Waals surface area contributed by atoms with Crippen LogP contribution < -0.4 is 5.73 Å². The molecule has 76 valence electrons. The van der Waals surface area contributed by atoms with Crippen molar-refractivity contribution in [2.75, 3.05) is 0 Å². The molecule has 3 unspecified atom stereocenters. The summed E-state index contributed by atoms with van der Waals surface area (Å²) in [5.74, 6) is 2.34. The van der Waals surface area contributed by atoms with Gasteiger partial charge in [0.15, 0.2) is 0 Å². The topological polar surface area (TPSA) is 38.4 Å². The molecule has 0 aromatic carbocycles. The summed E-state index contributed by atoms with van der Waals surface area (Å²) < 4.78 is 0. The Bertz CT molecular complexity index is 187. The molecule has 0 aliphatic heterocycles. The van der Waals surface area contributed by atoms with Gasteiger partial charge in [-0.2, -0.15) is 0 Å². The first-order valence-corrected chi connectivity index (χ1v) is 5.47. The summed E-state index contributed by atoms with van der Waals surface area (Å²) in [6, 6.07) is 0.490. The molecule has 2 N–H and O–H groups in total. The lowest BCUT2D eigenvalue weighted by Gasteiger charge is -2.31. The van der Waals surface area contributed by atoms with Gasteiger partial charge in [0, 0.05) is 6.42 Å². The minimum atomic E-state index is 0.490. The van der Waals surface area contributed by atoms with Gasteiger partial charge in [-0.3, -0.25) is 4.99 Å². The SMILES string of the molecule is CCC(N)=NC1CCCC(C)C1C. The van der Waals surface area contributed by atoms with E-state index in [1.165, 1.54) is 19.3 Å². The van der Waals surface area contributed by atoms with Gasteiger partial charge < -0.3 is 5.73 Å². The molecule has 0 spiro atoms.